The molecule has 8 heavy (non-hydrogen) atoms. The first kappa shape index (κ1) is 7.30. The summed E-state index contributed by atoms with van der Waals surface area (Å²) in [4.78, 5) is 10.2. The Morgan fingerprint density at radius 1 is 2.00 bits per heavy atom. The summed E-state index contributed by atoms with van der Waals surface area (Å²) in [5.74, 6) is -0.674. The quantitative estimate of drug-likeness (QED) is 0.400. The summed E-state index contributed by atoms with van der Waals surface area (Å²) in [5.41, 5.74) is 0. The number of ether oxygens (including phenoxy) is 1. The van der Waals surface area contributed by atoms with Crippen LogP contribution in [0, 0.1) is 6.92 Å². The van der Waals surface area contributed by atoms with Crippen molar-refractivity contribution < 1.29 is 14.6 Å². The van der Waals surface area contributed by atoms with Gasteiger partial charge in [0.1, 0.15) is 6.92 Å². The van der Waals surface area contributed by atoms with Crippen molar-refractivity contribution in [1.82, 2.24) is 0 Å². The van der Waals surface area contributed by atoms with Crippen molar-refractivity contribution in [1.29, 1.82) is 0 Å². The van der Waals surface area contributed by atoms with Crippen LogP contribution in [0.1, 0.15) is 6.92 Å². The highest BCUT2D eigenvalue weighted by Gasteiger charge is 2.14. The number of hydrogen-bond donors (Lipinski definition) is 1. The molecule has 0 amide bonds. The maximum atomic E-state index is 10.2. The number of aliphatic hydroxyl groups is 1. The molecule has 0 aliphatic rings. The summed E-state index contributed by atoms with van der Waals surface area (Å²) in [7, 11) is 0. The summed E-state index contributed by atoms with van der Waals surface area (Å²) in [5, 5.41) is 8.37. The van der Waals surface area contributed by atoms with E-state index in [0.29, 0.717) is 0 Å². The van der Waals surface area contributed by atoms with Gasteiger partial charge in [-0.25, -0.2) is 4.79 Å². The highest BCUT2D eigenvalue weighted by atomic mass is 16.5. The van der Waals surface area contributed by atoms with E-state index < -0.39 is 12.1 Å². The molecule has 3 heteroatoms. The predicted octanol–water partition coefficient (Wildman–Crippen LogP) is -0.256. The van der Waals surface area contributed by atoms with Crippen molar-refractivity contribution in [3.05, 3.63) is 6.92 Å². The molecule has 1 N–H and O–H groups in total. The van der Waals surface area contributed by atoms with E-state index in [2.05, 4.69) is 11.7 Å². The smallest absolute Gasteiger partial charge is 0.383 e. The van der Waals surface area contributed by atoms with E-state index in [1.165, 1.54) is 0 Å². The number of carbonyl (C=O) groups is 1. The first-order chi connectivity index (χ1) is 3.68. The minimum atomic E-state index is -1.24. The monoisotopic (exact) mass is 117 g/mol. The van der Waals surface area contributed by atoms with Crippen LogP contribution in [-0.4, -0.2) is 23.8 Å². The molecule has 0 aromatic heterocycles. The molecule has 0 heterocycles. The molecule has 0 fully saturated rings. The highest BCUT2D eigenvalue weighted by Crippen LogP contribution is 1.83. The molecule has 1 atom stereocenters. The molecule has 0 bridgehead atoms. The fourth-order valence-electron chi connectivity index (χ4n) is 0.238. The molecule has 0 unspecified atom stereocenters. The number of aliphatic hydroxyl groups excluding tert-OH is 1. The van der Waals surface area contributed by atoms with Crippen LogP contribution in [0.2, 0.25) is 0 Å². The highest BCUT2D eigenvalue weighted by molar-refractivity contribution is 5.74. The van der Waals surface area contributed by atoms with Crippen LogP contribution in [0.3, 0.4) is 0 Å². The lowest BCUT2D eigenvalue weighted by atomic mass is 10.4. The molecule has 46 valence electrons. The molecule has 0 aliphatic heterocycles. The van der Waals surface area contributed by atoms with Crippen molar-refractivity contribution >= 4 is 5.97 Å². The fourth-order valence-corrected chi connectivity index (χ4v) is 0.238. The molecule has 0 spiro atoms. The number of rotatable bonds is 2. The second-order valence-electron chi connectivity index (χ2n) is 1.27. The molecule has 3 nitrogen and oxygen atoms in total. The van der Waals surface area contributed by atoms with Gasteiger partial charge in [-0.3, -0.25) is 0 Å². The van der Waals surface area contributed by atoms with Crippen LogP contribution >= 0.6 is 0 Å². The SMILES string of the molecule is [CH2+][C@@H](O)C(=O)OCC. The van der Waals surface area contributed by atoms with Gasteiger partial charge in [0.05, 0.1) is 6.61 Å². The van der Waals surface area contributed by atoms with Gasteiger partial charge in [0.15, 0.2) is 0 Å². The lowest BCUT2D eigenvalue weighted by molar-refractivity contribution is -0.150. The molecule has 0 radical (unpaired) electrons. The lowest BCUT2D eigenvalue weighted by Gasteiger charge is -1.96. The minimum absolute atomic E-state index is 0.283. The lowest BCUT2D eigenvalue weighted by Crippen LogP contribution is -2.19. The Bertz CT molecular complexity index is 77.7. The molecule has 0 saturated carbocycles. The fraction of sp³-hybridized carbons (Fsp3) is 0.600. The van der Waals surface area contributed by atoms with E-state index in [0.717, 1.165) is 0 Å². The van der Waals surface area contributed by atoms with Crippen molar-refractivity contribution in [2.45, 2.75) is 13.0 Å². The molecule has 0 rings (SSSR count). The third kappa shape index (κ3) is 2.47. The van der Waals surface area contributed by atoms with Gasteiger partial charge in [0, 0.05) is 0 Å². The first-order valence-electron chi connectivity index (χ1n) is 2.36. The Kier molecular flexibility index (Phi) is 3.03. The van der Waals surface area contributed by atoms with E-state index in [9.17, 15) is 4.79 Å². The summed E-state index contributed by atoms with van der Waals surface area (Å²) in [6.07, 6.45) is -1.24. The van der Waals surface area contributed by atoms with Gasteiger partial charge in [-0.15, -0.1) is 0 Å². The van der Waals surface area contributed by atoms with Gasteiger partial charge >= 0.3 is 5.97 Å². The summed E-state index contributed by atoms with van der Waals surface area (Å²) < 4.78 is 4.35. The zero-order valence-electron chi connectivity index (χ0n) is 4.76. The zero-order valence-corrected chi connectivity index (χ0v) is 4.76. The van der Waals surface area contributed by atoms with E-state index in [1.54, 1.807) is 6.92 Å². The molecule has 0 aromatic rings. The van der Waals surface area contributed by atoms with Crippen LogP contribution in [0.15, 0.2) is 0 Å². The van der Waals surface area contributed by atoms with Crippen molar-refractivity contribution in [3.63, 3.8) is 0 Å². The predicted molar refractivity (Wildman–Crippen MR) is 28.0 cm³/mol. The first-order valence-corrected chi connectivity index (χ1v) is 2.36. The Morgan fingerprint density at radius 3 is 2.62 bits per heavy atom. The van der Waals surface area contributed by atoms with Crippen molar-refractivity contribution in [2.75, 3.05) is 6.61 Å². The van der Waals surface area contributed by atoms with E-state index >= 15 is 0 Å². The average molecular weight is 117 g/mol. The van der Waals surface area contributed by atoms with Crippen LogP contribution in [0.25, 0.3) is 0 Å². The zero-order chi connectivity index (χ0) is 6.57. The number of carbonyl (C=O) groups excluding carboxylic acids is 1. The van der Waals surface area contributed by atoms with Gasteiger partial charge < -0.3 is 9.84 Å². The van der Waals surface area contributed by atoms with Gasteiger partial charge in [0.25, 0.3) is 6.10 Å². The van der Waals surface area contributed by atoms with Gasteiger partial charge in [0.2, 0.25) is 0 Å². The Labute approximate surface area is 48.3 Å². The Morgan fingerprint density at radius 2 is 2.50 bits per heavy atom. The average Bonchev–Trinajstić information content (AvgIpc) is 1.67. The van der Waals surface area contributed by atoms with Crippen LogP contribution < -0.4 is 0 Å². The van der Waals surface area contributed by atoms with E-state index in [1.807, 2.05) is 0 Å². The molecular weight excluding hydrogens is 108 g/mol. The summed E-state index contributed by atoms with van der Waals surface area (Å²) >= 11 is 0. The summed E-state index contributed by atoms with van der Waals surface area (Å²) in [6, 6.07) is 0. The van der Waals surface area contributed by atoms with E-state index in [-0.39, 0.29) is 6.61 Å². The maximum Gasteiger partial charge on any atom is 0.383 e. The van der Waals surface area contributed by atoms with E-state index in [4.69, 9.17) is 5.11 Å². The van der Waals surface area contributed by atoms with Crippen molar-refractivity contribution in [3.8, 4) is 0 Å². The van der Waals surface area contributed by atoms with Gasteiger partial charge in [-0.2, -0.15) is 0 Å². The molecule has 0 aromatic carbocycles. The van der Waals surface area contributed by atoms with Gasteiger partial charge in [-0.05, 0) is 6.92 Å². The minimum Gasteiger partial charge on any atom is -0.461 e. The molecule has 0 aliphatic carbocycles. The third-order valence-electron chi connectivity index (χ3n) is 0.559. The normalized spacial score (nSPS) is 12.8. The largest absolute Gasteiger partial charge is 0.461 e. The topological polar surface area (TPSA) is 46.5 Å². The van der Waals surface area contributed by atoms with Gasteiger partial charge in [-0.1, -0.05) is 0 Å². The second kappa shape index (κ2) is 3.32. The van der Waals surface area contributed by atoms with Crippen LogP contribution in [0.4, 0.5) is 0 Å². The summed E-state index contributed by atoms with van der Waals surface area (Å²) in [6.45, 7) is 4.99. The van der Waals surface area contributed by atoms with Crippen molar-refractivity contribution in [2.24, 2.45) is 0 Å². The Balaban J connectivity index is 3.33. The van der Waals surface area contributed by atoms with Crippen LogP contribution in [-0.2, 0) is 9.53 Å². The molecular formula is C5H9O3+. The second-order valence-corrected chi connectivity index (χ2v) is 1.27. The Hall–Kier alpha value is -0.700. The number of hydrogen-bond acceptors (Lipinski definition) is 3. The molecule has 0 saturated heterocycles. The number of esters is 1. The standard InChI is InChI=1S/C5H9O3/c1-3-8-5(7)4(2)6/h4,6H,2-3H2,1H3/q+1/t4-/m1/s1. The maximum absolute atomic E-state index is 10.2. The van der Waals surface area contributed by atoms with Crippen LogP contribution in [0.5, 0.6) is 0 Å². The third-order valence-corrected chi connectivity index (χ3v) is 0.559.